The van der Waals surface area contributed by atoms with Gasteiger partial charge in [0.25, 0.3) is 0 Å². The fourth-order valence-electron chi connectivity index (χ4n) is 6.54. The van der Waals surface area contributed by atoms with Crippen LogP contribution >= 0.6 is 0 Å². The summed E-state index contributed by atoms with van der Waals surface area (Å²) < 4.78 is 39.8. The van der Waals surface area contributed by atoms with Crippen molar-refractivity contribution in [2.45, 2.75) is 54.3 Å². The fraction of sp³-hybridized carbons (Fsp3) is 0.458. The SMILES string of the molecule is C[N+]1(C)C2C[C@H](OC(=O)C(O)(c3ccc(F)cc3)c3ccc(F)cc3)C[C@@]13CC31OC21. The number of fused-ring (bicyclic) bond motifs is 2. The number of quaternary nitrogens is 1. The van der Waals surface area contributed by atoms with Crippen molar-refractivity contribution in [3.8, 4) is 0 Å². The molecule has 31 heavy (non-hydrogen) atoms. The fourth-order valence-corrected chi connectivity index (χ4v) is 6.54. The number of hydrogen-bond donors (Lipinski definition) is 1. The Balaban J connectivity index is 1.32. The Hall–Kier alpha value is -2.35. The lowest BCUT2D eigenvalue weighted by Gasteiger charge is -2.48. The number of carbonyl (C=O) groups is 1. The largest absolute Gasteiger partial charge is 0.459 e. The molecule has 0 radical (unpaired) electrons. The van der Waals surface area contributed by atoms with E-state index in [1.165, 1.54) is 48.5 Å². The first-order valence-electron chi connectivity index (χ1n) is 10.6. The molecule has 5 nitrogen and oxygen atoms in total. The van der Waals surface area contributed by atoms with E-state index in [1.807, 2.05) is 0 Å². The summed E-state index contributed by atoms with van der Waals surface area (Å²) >= 11 is 0. The van der Waals surface area contributed by atoms with Gasteiger partial charge in [-0.25, -0.2) is 13.6 Å². The molecule has 4 aliphatic rings. The highest BCUT2D eigenvalue weighted by Crippen LogP contribution is 2.80. The number of hydrogen-bond acceptors (Lipinski definition) is 4. The predicted octanol–water partition coefficient (Wildman–Crippen LogP) is 2.65. The third-order valence-corrected chi connectivity index (χ3v) is 8.40. The maximum Gasteiger partial charge on any atom is 0.347 e. The van der Waals surface area contributed by atoms with Crippen LogP contribution in [0.2, 0.25) is 0 Å². The molecule has 6 rings (SSSR count). The lowest BCUT2D eigenvalue weighted by atomic mass is 9.85. The third-order valence-electron chi connectivity index (χ3n) is 8.40. The van der Waals surface area contributed by atoms with Crippen LogP contribution in [0.1, 0.15) is 30.4 Å². The van der Waals surface area contributed by atoms with Gasteiger partial charge in [-0.2, -0.15) is 0 Å². The Bertz CT molecular complexity index is 1040. The van der Waals surface area contributed by atoms with Gasteiger partial charge in [-0.15, -0.1) is 0 Å². The minimum absolute atomic E-state index is 0.0323. The van der Waals surface area contributed by atoms with Gasteiger partial charge in [0.1, 0.15) is 35.4 Å². The molecule has 4 fully saturated rings. The molecule has 7 heteroatoms. The second kappa shape index (κ2) is 5.71. The summed E-state index contributed by atoms with van der Waals surface area (Å²) in [5.74, 6) is -1.80. The molecule has 3 saturated heterocycles. The molecule has 0 amide bonds. The summed E-state index contributed by atoms with van der Waals surface area (Å²) in [5, 5.41) is 11.6. The zero-order valence-corrected chi connectivity index (χ0v) is 17.3. The standard InChI is InChI=1S/C24H24F2NO4/c1-27(2)19-11-18(12-22(27)13-23(22)20(19)31-23)30-21(28)24(29,14-3-7-16(25)8-4-14)15-5-9-17(26)10-6-15/h3-10,18-20,29H,11-13H2,1-2H3/q+1/t18-,19?,20?,22-,23?/m0/s1. The van der Waals surface area contributed by atoms with Crippen molar-refractivity contribution in [1.82, 2.24) is 0 Å². The Labute approximate surface area is 178 Å². The number of epoxide rings is 1. The van der Waals surface area contributed by atoms with Gasteiger partial charge in [0.05, 0.1) is 14.1 Å². The lowest BCUT2D eigenvalue weighted by Crippen LogP contribution is -2.63. The van der Waals surface area contributed by atoms with Gasteiger partial charge in [-0.05, 0) is 35.4 Å². The van der Waals surface area contributed by atoms with E-state index in [0.29, 0.717) is 12.8 Å². The van der Waals surface area contributed by atoms with Crippen LogP contribution in [0.3, 0.4) is 0 Å². The Morgan fingerprint density at radius 1 is 1.10 bits per heavy atom. The van der Waals surface area contributed by atoms with Gasteiger partial charge in [0, 0.05) is 19.3 Å². The highest BCUT2D eigenvalue weighted by Gasteiger charge is 2.99. The van der Waals surface area contributed by atoms with Crippen molar-refractivity contribution < 1.29 is 32.6 Å². The van der Waals surface area contributed by atoms with Crippen LogP contribution in [0.25, 0.3) is 0 Å². The Morgan fingerprint density at radius 3 is 2.16 bits per heavy atom. The van der Waals surface area contributed by atoms with E-state index in [1.54, 1.807) is 0 Å². The van der Waals surface area contributed by atoms with Gasteiger partial charge in [-0.1, -0.05) is 24.3 Å². The molecule has 5 atom stereocenters. The lowest BCUT2D eigenvalue weighted by molar-refractivity contribution is -0.951. The minimum Gasteiger partial charge on any atom is -0.459 e. The number of carbonyl (C=O) groups excluding carboxylic acids is 1. The van der Waals surface area contributed by atoms with Crippen molar-refractivity contribution in [3.63, 3.8) is 0 Å². The first-order valence-corrected chi connectivity index (χ1v) is 10.6. The molecular formula is C24H24F2NO4+. The number of aliphatic hydroxyl groups is 1. The number of halogens is 2. The maximum absolute atomic E-state index is 13.5. The molecule has 0 aromatic heterocycles. The zero-order chi connectivity index (χ0) is 21.8. The summed E-state index contributed by atoms with van der Waals surface area (Å²) in [7, 11) is 4.45. The second-order valence-electron chi connectivity index (χ2n) is 9.93. The van der Waals surface area contributed by atoms with E-state index >= 15 is 0 Å². The first kappa shape index (κ1) is 19.3. The molecule has 3 unspecified atom stereocenters. The van der Waals surface area contributed by atoms with Crippen molar-refractivity contribution in [1.29, 1.82) is 0 Å². The number of ether oxygens (including phenoxy) is 2. The van der Waals surface area contributed by atoms with Crippen molar-refractivity contribution in [3.05, 3.63) is 71.3 Å². The van der Waals surface area contributed by atoms with Gasteiger partial charge in [0.15, 0.2) is 5.60 Å². The van der Waals surface area contributed by atoms with Crippen LogP contribution in [-0.2, 0) is 19.9 Å². The molecule has 162 valence electrons. The smallest absolute Gasteiger partial charge is 0.347 e. The summed E-state index contributed by atoms with van der Waals surface area (Å²) in [4.78, 5) is 13.4. The number of esters is 1. The normalized spacial score (nSPS) is 36.4. The van der Waals surface area contributed by atoms with Crippen molar-refractivity contribution >= 4 is 5.97 Å². The summed E-state index contributed by atoms with van der Waals surface area (Å²) in [6, 6.07) is 10.4. The molecule has 1 N–H and O–H groups in total. The minimum atomic E-state index is -2.17. The van der Waals surface area contributed by atoms with Crippen LogP contribution in [0, 0.1) is 11.6 Å². The molecule has 2 aromatic carbocycles. The van der Waals surface area contributed by atoms with Crippen LogP contribution in [0.15, 0.2) is 48.5 Å². The average Bonchev–Trinajstić information content (AvgIpc) is 3.59. The molecule has 2 bridgehead atoms. The highest BCUT2D eigenvalue weighted by atomic mass is 19.1. The predicted molar refractivity (Wildman–Crippen MR) is 106 cm³/mol. The van der Waals surface area contributed by atoms with E-state index in [9.17, 15) is 18.7 Å². The summed E-state index contributed by atoms with van der Waals surface area (Å²) in [6.07, 6.45) is 2.20. The quantitative estimate of drug-likeness (QED) is 0.462. The van der Waals surface area contributed by atoms with Gasteiger partial charge in [-0.3, -0.25) is 0 Å². The molecule has 2 spiro atoms. The van der Waals surface area contributed by atoms with E-state index in [2.05, 4.69) is 14.1 Å². The monoisotopic (exact) mass is 428 g/mol. The zero-order valence-electron chi connectivity index (χ0n) is 17.3. The van der Waals surface area contributed by atoms with Crippen LogP contribution in [0.5, 0.6) is 0 Å². The van der Waals surface area contributed by atoms with Crippen LogP contribution in [0.4, 0.5) is 8.78 Å². The summed E-state index contributed by atoms with van der Waals surface area (Å²) in [5.41, 5.74) is -1.90. The van der Waals surface area contributed by atoms with Gasteiger partial charge in [0.2, 0.25) is 5.60 Å². The maximum atomic E-state index is 13.5. The van der Waals surface area contributed by atoms with E-state index < -0.39 is 23.2 Å². The van der Waals surface area contributed by atoms with Gasteiger partial charge < -0.3 is 19.1 Å². The van der Waals surface area contributed by atoms with Gasteiger partial charge >= 0.3 is 5.97 Å². The van der Waals surface area contributed by atoms with Crippen LogP contribution < -0.4 is 0 Å². The molecule has 1 saturated carbocycles. The number of morpholine rings is 1. The van der Waals surface area contributed by atoms with E-state index in [0.717, 1.165) is 10.9 Å². The van der Waals surface area contributed by atoms with Crippen LogP contribution in [-0.4, -0.2) is 59.0 Å². The van der Waals surface area contributed by atoms with Crippen molar-refractivity contribution in [2.24, 2.45) is 0 Å². The Kier molecular flexibility index (Phi) is 3.56. The van der Waals surface area contributed by atoms with Crippen molar-refractivity contribution in [2.75, 3.05) is 14.1 Å². The molecule has 2 aromatic rings. The number of likely N-dealkylation sites (N-methyl/N-ethyl adjacent to an activating group) is 1. The molecular weight excluding hydrogens is 404 g/mol. The number of benzene rings is 2. The molecule has 3 aliphatic heterocycles. The second-order valence-corrected chi connectivity index (χ2v) is 9.93. The van der Waals surface area contributed by atoms with E-state index in [4.69, 9.17) is 9.47 Å². The first-order chi connectivity index (χ1) is 14.6. The molecule has 3 heterocycles. The Morgan fingerprint density at radius 2 is 1.65 bits per heavy atom. The number of nitrogens with zero attached hydrogens (tertiary/aromatic N) is 1. The van der Waals surface area contributed by atoms with E-state index in [-0.39, 0.29) is 40.5 Å². The molecule has 1 aliphatic carbocycles. The number of rotatable bonds is 4. The number of piperidine rings is 2. The summed E-state index contributed by atoms with van der Waals surface area (Å²) in [6.45, 7) is 0. The average molecular weight is 428 g/mol. The highest BCUT2D eigenvalue weighted by molar-refractivity contribution is 5.85. The third kappa shape index (κ3) is 2.26. The topological polar surface area (TPSA) is 59.1 Å².